The molecule has 25 heavy (non-hydrogen) atoms. The van der Waals surface area contributed by atoms with Gasteiger partial charge in [-0.1, -0.05) is 56.2 Å². The monoisotopic (exact) mass is 360 g/mol. The Kier molecular flexibility index (Phi) is 7.16. The smallest absolute Gasteiger partial charge is 0.251 e. The standard InChI is InChI=1S/C19H24N2O3S/c1-2-3-7-13-20-19(22)17-11-8-12-18(14-17)25(23,24)21-15-16-9-5-4-6-10-16/h4-6,8-12,14,21H,2-3,7,13,15H2,1H3,(H,20,22). The van der Waals surface area contributed by atoms with Gasteiger partial charge in [-0.3, -0.25) is 4.79 Å². The number of hydrogen-bond acceptors (Lipinski definition) is 3. The lowest BCUT2D eigenvalue weighted by Crippen LogP contribution is -2.26. The van der Waals surface area contributed by atoms with Gasteiger partial charge in [0, 0.05) is 18.7 Å². The maximum atomic E-state index is 12.4. The first-order valence-corrected chi connectivity index (χ1v) is 9.93. The molecule has 0 bridgehead atoms. The molecule has 0 unspecified atom stereocenters. The van der Waals surface area contributed by atoms with E-state index in [1.165, 1.54) is 12.1 Å². The highest BCUT2D eigenvalue weighted by atomic mass is 32.2. The van der Waals surface area contributed by atoms with Crippen LogP contribution in [0.2, 0.25) is 0 Å². The van der Waals surface area contributed by atoms with Crippen LogP contribution in [0.5, 0.6) is 0 Å². The second-order valence-corrected chi connectivity index (χ2v) is 7.57. The molecule has 1 amide bonds. The van der Waals surface area contributed by atoms with E-state index in [1.807, 2.05) is 30.3 Å². The number of carbonyl (C=O) groups excluding carboxylic acids is 1. The average molecular weight is 360 g/mol. The van der Waals surface area contributed by atoms with E-state index in [1.54, 1.807) is 12.1 Å². The summed E-state index contributed by atoms with van der Waals surface area (Å²) in [4.78, 5) is 12.2. The van der Waals surface area contributed by atoms with Crippen molar-refractivity contribution in [2.75, 3.05) is 6.54 Å². The van der Waals surface area contributed by atoms with E-state index in [9.17, 15) is 13.2 Å². The van der Waals surface area contributed by atoms with Gasteiger partial charge in [-0.15, -0.1) is 0 Å². The van der Waals surface area contributed by atoms with Crippen molar-refractivity contribution < 1.29 is 13.2 Å². The van der Waals surface area contributed by atoms with Gasteiger partial charge < -0.3 is 5.32 Å². The molecule has 0 spiro atoms. The molecule has 0 fully saturated rings. The Hall–Kier alpha value is -2.18. The molecule has 6 heteroatoms. The summed E-state index contributed by atoms with van der Waals surface area (Å²) >= 11 is 0. The number of carbonyl (C=O) groups is 1. The van der Waals surface area contributed by atoms with E-state index in [0.29, 0.717) is 12.1 Å². The van der Waals surface area contributed by atoms with E-state index in [2.05, 4.69) is 17.0 Å². The Morgan fingerprint density at radius 2 is 1.76 bits per heavy atom. The first-order valence-electron chi connectivity index (χ1n) is 8.45. The third kappa shape index (κ3) is 5.99. The minimum Gasteiger partial charge on any atom is -0.352 e. The molecule has 0 saturated heterocycles. The van der Waals surface area contributed by atoms with Gasteiger partial charge in [-0.25, -0.2) is 13.1 Å². The third-order valence-corrected chi connectivity index (χ3v) is 5.18. The van der Waals surface area contributed by atoms with Crippen LogP contribution in [0.3, 0.4) is 0 Å². The first kappa shape index (κ1) is 19.1. The van der Waals surface area contributed by atoms with E-state index in [-0.39, 0.29) is 17.3 Å². The number of hydrogen-bond donors (Lipinski definition) is 2. The molecule has 2 aromatic carbocycles. The van der Waals surface area contributed by atoms with Crippen LogP contribution in [0.1, 0.15) is 42.1 Å². The minimum absolute atomic E-state index is 0.0876. The van der Waals surface area contributed by atoms with Gasteiger partial charge in [0.15, 0.2) is 0 Å². The van der Waals surface area contributed by atoms with Gasteiger partial charge in [-0.05, 0) is 30.2 Å². The van der Waals surface area contributed by atoms with Gasteiger partial charge in [0.25, 0.3) is 5.91 Å². The van der Waals surface area contributed by atoms with Crippen molar-refractivity contribution >= 4 is 15.9 Å². The van der Waals surface area contributed by atoms with E-state index >= 15 is 0 Å². The maximum Gasteiger partial charge on any atom is 0.251 e. The number of unbranched alkanes of at least 4 members (excludes halogenated alkanes) is 2. The molecule has 134 valence electrons. The Balaban J connectivity index is 2.02. The number of amides is 1. The number of sulfonamides is 1. The van der Waals surface area contributed by atoms with Gasteiger partial charge in [0.05, 0.1) is 4.90 Å². The molecule has 2 N–H and O–H groups in total. The minimum atomic E-state index is -3.67. The van der Waals surface area contributed by atoms with Crippen molar-refractivity contribution in [1.82, 2.24) is 10.0 Å². The van der Waals surface area contributed by atoms with Crippen LogP contribution in [-0.4, -0.2) is 20.9 Å². The molecule has 0 heterocycles. The highest BCUT2D eigenvalue weighted by Gasteiger charge is 2.16. The van der Waals surface area contributed by atoms with Gasteiger partial charge in [-0.2, -0.15) is 0 Å². The molecule has 0 radical (unpaired) electrons. The Morgan fingerprint density at radius 3 is 2.48 bits per heavy atom. The first-order chi connectivity index (χ1) is 12.0. The van der Waals surface area contributed by atoms with E-state index in [4.69, 9.17) is 0 Å². The molecule has 0 aliphatic rings. The van der Waals surface area contributed by atoms with Gasteiger partial charge >= 0.3 is 0 Å². The summed E-state index contributed by atoms with van der Waals surface area (Å²) in [5.41, 5.74) is 1.22. The number of nitrogens with one attached hydrogen (secondary N) is 2. The van der Waals surface area contributed by atoms with Crippen molar-refractivity contribution in [3.8, 4) is 0 Å². The predicted octanol–water partition coefficient (Wildman–Crippen LogP) is 3.09. The lowest BCUT2D eigenvalue weighted by molar-refractivity contribution is 0.0952. The van der Waals surface area contributed by atoms with Crippen molar-refractivity contribution in [1.29, 1.82) is 0 Å². The number of benzene rings is 2. The predicted molar refractivity (Wildman–Crippen MR) is 98.8 cm³/mol. The topological polar surface area (TPSA) is 75.3 Å². The zero-order valence-corrected chi connectivity index (χ0v) is 15.2. The highest BCUT2D eigenvalue weighted by molar-refractivity contribution is 7.89. The van der Waals surface area contributed by atoms with Crippen molar-refractivity contribution in [2.45, 2.75) is 37.6 Å². The van der Waals surface area contributed by atoms with Crippen LogP contribution in [0.15, 0.2) is 59.5 Å². The normalized spacial score (nSPS) is 11.2. The molecular weight excluding hydrogens is 336 g/mol. The summed E-state index contributed by atoms with van der Waals surface area (Å²) in [7, 11) is -3.67. The average Bonchev–Trinajstić information content (AvgIpc) is 2.64. The molecule has 0 aliphatic heterocycles. The molecule has 5 nitrogen and oxygen atoms in total. The SMILES string of the molecule is CCCCCNC(=O)c1cccc(S(=O)(=O)NCc2ccccc2)c1. The van der Waals surface area contributed by atoms with Crippen molar-refractivity contribution in [2.24, 2.45) is 0 Å². The fourth-order valence-corrected chi connectivity index (χ4v) is 3.40. The van der Waals surface area contributed by atoms with Gasteiger partial charge in [0.2, 0.25) is 10.0 Å². The summed E-state index contributed by atoms with van der Waals surface area (Å²) < 4.78 is 27.4. The van der Waals surface area contributed by atoms with Crippen LogP contribution >= 0.6 is 0 Å². The van der Waals surface area contributed by atoms with Crippen molar-refractivity contribution in [3.05, 3.63) is 65.7 Å². The van der Waals surface area contributed by atoms with Gasteiger partial charge in [0.1, 0.15) is 0 Å². The molecule has 0 atom stereocenters. The Bertz CT molecular complexity index is 789. The summed E-state index contributed by atoms with van der Waals surface area (Å²) in [5, 5.41) is 2.82. The Labute approximate surface area is 149 Å². The Morgan fingerprint density at radius 1 is 1.00 bits per heavy atom. The zero-order valence-electron chi connectivity index (χ0n) is 14.4. The van der Waals surface area contributed by atoms with Crippen LogP contribution in [0.4, 0.5) is 0 Å². The van der Waals surface area contributed by atoms with Crippen LogP contribution in [-0.2, 0) is 16.6 Å². The summed E-state index contributed by atoms with van der Waals surface area (Å²) in [5.74, 6) is -0.254. The lowest BCUT2D eigenvalue weighted by Gasteiger charge is -2.09. The largest absolute Gasteiger partial charge is 0.352 e. The van der Waals surface area contributed by atoms with E-state index in [0.717, 1.165) is 24.8 Å². The third-order valence-electron chi connectivity index (χ3n) is 3.78. The van der Waals surface area contributed by atoms with Crippen LogP contribution in [0, 0.1) is 0 Å². The highest BCUT2D eigenvalue weighted by Crippen LogP contribution is 2.12. The molecule has 0 saturated carbocycles. The maximum absolute atomic E-state index is 12.4. The second-order valence-electron chi connectivity index (χ2n) is 5.80. The van der Waals surface area contributed by atoms with Crippen LogP contribution in [0.25, 0.3) is 0 Å². The fourth-order valence-electron chi connectivity index (χ4n) is 2.34. The molecule has 0 aromatic heterocycles. The molecule has 2 aromatic rings. The molecular formula is C19H24N2O3S. The number of rotatable bonds is 9. The van der Waals surface area contributed by atoms with E-state index < -0.39 is 10.0 Å². The van der Waals surface area contributed by atoms with Crippen molar-refractivity contribution in [3.63, 3.8) is 0 Å². The lowest BCUT2D eigenvalue weighted by atomic mass is 10.2. The van der Waals surface area contributed by atoms with Crippen LogP contribution < -0.4 is 10.0 Å². The molecule has 2 rings (SSSR count). The quantitative estimate of drug-likeness (QED) is 0.675. The summed E-state index contributed by atoms with van der Waals surface area (Å²) in [6, 6.07) is 15.4. The summed E-state index contributed by atoms with van der Waals surface area (Å²) in [6.07, 6.45) is 3.05. The second kappa shape index (κ2) is 9.34. The zero-order chi connectivity index (χ0) is 18.1. The fraction of sp³-hybridized carbons (Fsp3) is 0.316. The molecule has 0 aliphatic carbocycles. The summed E-state index contributed by atoms with van der Waals surface area (Å²) in [6.45, 7) is 2.89.